The fraction of sp³-hybridized carbons (Fsp3) is 0.667. The van der Waals surface area contributed by atoms with E-state index in [1.807, 2.05) is 4.90 Å². The Kier molecular flexibility index (Phi) is 7.27. The molecule has 1 atom stereocenters. The third-order valence-electron chi connectivity index (χ3n) is 5.79. The summed E-state index contributed by atoms with van der Waals surface area (Å²) in [6.07, 6.45) is -1.90. The number of hydrogen-bond acceptors (Lipinski definition) is 3. The van der Waals surface area contributed by atoms with E-state index in [-0.39, 0.29) is 0 Å². The second kappa shape index (κ2) is 9.69. The SMILES string of the molecule is CCCN1CCC(CNC(=NC)N2CCN(c3cccc(C(F)(F)F)c3)CC2)C1. The molecule has 0 saturated carbocycles. The Labute approximate surface area is 171 Å². The van der Waals surface area contributed by atoms with Gasteiger partial charge in [-0.05, 0) is 50.0 Å². The van der Waals surface area contributed by atoms with Crippen LogP contribution < -0.4 is 10.2 Å². The molecule has 0 radical (unpaired) electrons. The van der Waals surface area contributed by atoms with Crippen LogP contribution in [0.4, 0.5) is 18.9 Å². The number of likely N-dealkylation sites (tertiary alicyclic amines) is 1. The molecule has 1 unspecified atom stereocenters. The van der Waals surface area contributed by atoms with Gasteiger partial charge in [0.05, 0.1) is 5.56 Å². The topological polar surface area (TPSA) is 34.1 Å². The van der Waals surface area contributed by atoms with Crippen LogP contribution >= 0.6 is 0 Å². The number of benzene rings is 1. The van der Waals surface area contributed by atoms with Gasteiger partial charge in [0, 0.05) is 52.0 Å². The van der Waals surface area contributed by atoms with E-state index in [0.29, 0.717) is 24.7 Å². The monoisotopic (exact) mass is 411 g/mol. The molecule has 0 bridgehead atoms. The Bertz CT molecular complexity index is 683. The van der Waals surface area contributed by atoms with E-state index in [2.05, 4.69) is 27.0 Å². The van der Waals surface area contributed by atoms with Crippen LogP contribution in [0.5, 0.6) is 0 Å². The second-order valence-electron chi connectivity index (χ2n) is 7.91. The van der Waals surface area contributed by atoms with Gasteiger partial charge in [-0.25, -0.2) is 0 Å². The molecule has 8 heteroatoms. The Morgan fingerprint density at radius 1 is 1.17 bits per heavy atom. The average molecular weight is 412 g/mol. The van der Waals surface area contributed by atoms with Crippen LogP contribution in [0.2, 0.25) is 0 Å². The zero-order valence-corrected chi connectivity index (χ0v) is 17.4. The molecule has 2 heterocycles. The standard InChI is InChI=1S/C21H32F3N5/c1-3-8-27-9-7-17(16-27)15-26-20(25-2)29-12-10-28(11-13-29)19-6-4-5-18(14-19)21(22,23)24/h4-6,14,17H,3,7-13,15-16H2,1-2H3,(H,25,26). The first-order valence-electron chi connectivity index (χ1n) is 10.5. The van der Waals surface area contributed by atoms with Crippen molar-refractivity contribution in [1.29, 1.82) is 0 Å². The lowest BCUT2D eigenvalue weighted by Gasteiger charge is -2.38. The maximum atomic E-state index is 13.0. The number of halogens is 3. The fourth-order valence-electron chi connectivity index (χ4n) is 4.22. The number of alkyl halides is 3. The second-order valence-corrected chi connectivity index (χ2v) is 7.91. The minimum Gasteiger partial charge on any atom is -0.368 e. The highest BCUT2D eigenvalue weighted by molar-refractivity contribution is 5.80. The molecule has 162 valence electrons. The van der Waals surface area contributed by atoms with E-state index in [4.69, 9.17) is 0 Å². The Morgan fingerprint density at radius 2 is 1.93 bits per heavy atom. The number of nitrogens with zero attached hydrogens (tertiary/aromatic N) is 4. The number of hydrogen-bond donors (Lipinski definition) is 1. The normalized spacial score (nSPS) is 21.7. The lowest BCUT2D eigenvalue weighted by molar-refractivity contribution is -0.137. The van der Waals surface area contributed by atoms with Gasteiger partial charge in [-0.1, -0.05) is 13.0 Å². The molecule has 0 aliphatic carbocycles. The van der Waals surface area contributed by atoms with Gasteiger partial charge in [0.1, 0.15) is 0 Å². The molecule has 29 heavy (non-hydrogen) atoms. The summed E-state index contributed by atoms with van der Waals surface area (Å²) < 4.78 is 38.9. The minimum absolute atomic E-state index is 0.594. The lowest BCUT2D eigenvalue weighted by atomic mass is 10.1. The molecule has 2 fully saturated rings. The molecule has 1 N–H and O–H groups in total. The zero-order chi connectivity index (χ0) is 20.9. The zero-order valence-electron chi connectivity index (χ0n) is 17.4. The van der Waals surface area contributed by atoms with Gasteiger partial charge in [-0.2, -0.15) is 13.2 Å². The molecule has 1 aromatic rings. The summed E-state index contributed by atoms with van der Waals surface area (Å²) in [5.74, 6) is 1.53. The van der Waals surface area contributed by atoms with E-state index in [1.54, 1.807) is 13.1 Å². The van der Waals surface area contributed by atoms with Crippen molar-refractivity contribution in [1.82, 2.24) is 15.1 Å². The number of anilines is 1. The Balaban J connectivity index is 1.49. The summed E-state index contributed by atoms with van der Waals surface area (Å²) in [6, 6.07) is 5.59. The van der Waals surface area contributed by atoms with Crippen molar-refractivity contribution in [2.24, 2.45) is 10.9 Å². The van der Waals surface area contributed by atoms with E-state index in [9.17, 15) is 13.2 Å². The molecule has 0 amide bonds. The number of guanidine groups is 1. The van der Waals surface area contributed by atoms with E-state index in [0.717, 1.165) is 38.2 Å². The Morgan fingerprint density at radius 3 is 2.59 bits per heavy atom. The summed E-state index contributed by atoms with van der Waals surface area (Å²) in [5, 5.41) is 3.51. The van der Waals surface area contributed by atoms with Gasteiger partial charge in [-0.3, -0.25) is 4.99 Å². The maximum absolute atomic E-state index is 13.0. The van der Waals surface area contributed by atoms with Crippen LogP contribution in [0.1, 0.15) is 25.3 Å². The first-order valence-corrected chi connectivity index (χ1v) is 10.5. The van der Waals surface area contributed by atoms with Crippen molar-refractivity contribution < 1.29 is 13.2 Å². The van der Waals surface area contributed by atoms with Crippen LogP contribution in [0.25, 0.3) is 0 Å². The predicted molar refractivity (Wildman–Crippen MR) is 111 cm³/mol. The highest BCUT2D eigenvalue weighted by Crippen LogP contribution is 2.31. The molecule has 2 aliphatic rings. The number of nitrogens with one attached hydrogen (secondary N) is 1. The van der Waals surface area contributed by atoms with Gasteiger partial charge in [0.15, 0.2) is 5.96 Å². The van der Waals surface area contributed by atoms with E-state index in [1.165, 1.54) is 38.1 Å². The molecule has 1 aromatic carbocycles. The molecule has 5 nitrogen and oxygen atoms in total. The van der Waals surface area contributed by atoms with Crippen LogP contribution in [-0.2, 0) is 6.18 Å². The van der Waals surface area contributed by atoms with Gasteiger partial charge in [-0.15, -0.1) is 0 Å². The Hall–Kier alpha value is -1.96. The molecule has 0 aromatic heterocycles. The van der Waals surface area contributed by atoms with Crippen molar-refractivity contribution in [3.63, 3.8) is 0 Å². The largest absolute Gasteiger partial charge is 0.416 e. The predicted octanol–water partition coefficient (Wildman–Crippen LogP) is 3.13. The summed E-state index contributed by atoms with van der Waals surface area (Å²) in [7, 11) is 1.79. The van der Waals surface area contributed by atoms with E-state index < -0.39 is 11.7 Å². The fourth-order valence-corrected chi connectivity index (χ4v) is 4.22. The highest BCUT2D eigenvalue weighted by atomic mass is 19.4. The summed E-state index contributed by atoms with van der Waals surface area (Å²) in [4.78, 5) is 11.1. The first-order chi connectivity index (χ1) is 13.9. The number of piperazine rings is 1. The average Bonchev–Trinajstić information content (AvgIpc) is 3.16. The quantitative estimate of drug-likeness (QED) is 0.596. The van der Waals surface area contributed by atoms with Gasteiger partial charge < -0.3 is 20.0 Å². The summed E-state index contributed by atoms with van der Waals surface area (Å²) in [6.45, 7) is 9.45. The molecular formula is C21H32F3N5. The number of rotatable bonds is 5. The molecule has 2 saturated heterocycles. The third kappa shape index (κ3) is 5.78. The molecule has 2 aliphatic heterocycles. The third-order valence-corrected chi connectivity index (χ3v) is 5.79. The van der Waals surface area contributed by atoms with Crippen molar-refractivity contribution >= 4 is 11.6 Å². The van der Waals surface area contributed by atoms with Crippen LogP contribution in [0.3, 0.4) is 0 Å². The van der Waals surface area contributed by atoms with Gasteiger partial charge >= 0.3 is 6.18 Å². The molecule has 0 spiro atoms. The van der Waals surface area contributed by atoms with Crippen molar-refractivity contribution in [2.45, 2.75) is 25.9 Å². The maximum Gasteiger partial charge on any atom is 0.416 e. The van der Waals surface area contributed by atoms with E-state index >= 15 is 0 Å². The lowest BCUT2D eigenvalue weighted by Crippen LogP contribution is -2.53. The van der Waals surface area contributed by atoms with Gasteiger partial charge in [0.2, 0.25) is 0 Å². The van der Waals surface area contributed by atoms with Gasteiger partial charge in [0.25, 0.3) is 0 Å². The number of aliphatic imine (C=N–C) groups is 1. The van der Waals surface area contributed by atoms with Crippen molar-refractivity contribution in [2.75, 3.05) is 64.3 Å². The van der Waals surface area contributed by atoms with Crippen molar-refractivity contribution in [3.8, 4) is 0 Å². The van der Waals surface area contributed by atoms with Crippen LogP contribution in [0, 0.1) is 5.92 Å². The summed E-state index contributed by atoms with van der Waals surface area (Å²) >= 11 is 0. The van der Waals surface area contributed by atoms with Crippen molar-refractivity contribution in [3.05, 3.63) is 29.8 Å². The first kappa shape index (κ1) is 21.7. The minimum atomic E-state index is -4.31. The molecular weight excluding hydrogens is 379 g/mol. The molecule has 3 rings (SSSR count). The summed E-state index contributed by atoms with van der Waals surface area (Å²) in [5.41, 5.74) is 0.0352. The van der Waals surface area contributed by atoms with Crippen LogP contribution in [-0.4, -0.2) is 75.2 Å². The van der Waals surface area contributed by atoms with Crippen LogP contribution in [0.15, 0.2) is 29.3 Å². The smallest absolute Gasteiger partial charge is 0.368 e. The highest BCUT2D eigenvalue weighted by Gasteiger charge is 2.31.